The molecule has 2 atom stereocenters. The lowest BCUT2D eigenvalue weighted by Gasteiger charge is -2.21. The Labute approximate surface area is 195 Å². The molecule has 2 aliphatic rings. The Morgan fingerprint density at radius 1 is 1.33 bits per heavy atom. The normalized spacial score (nSPS) is 20.2. The highest BCUT2D eigenvalue weighted by Crippen LogP contribution is 2.26. The van der Waals surface area contributed by atoms with Crippen LogP contribution in [0.4, 0.5) is 21.0 Å². The summed E-state index contributed by atoms with van der Waals surface area (Å²) < 4.78 is 18.9. The fraction of sp³-hybridized carbons (Fsp3) is 0.560. The van der Waals surface area contributed by atoms with Gasteiger partial charge >= 0.3 is 6.09 Å². The summed E-state index contributed by atoms with van der Waals surface area (Å²) in [6.45, 7) is 8.39. The van der Waals surface area contributed by atoms with Crippen molar-refractivity contribution in [3.63, 3.8) is 0 Å². The van der Waals surface area contributed by atoms with Gasteiger partial charge in [-0.3, -0.25) is 0 Å². The van der Waals surface area contributed by atoms with Gasteiger partial charge < -0.3 is 20.7 Å². The quantitative estimate of drug-likeness (QED) is 0.506. The number of aromatic nitrogens is 2. The molecule has 1 aromatic heterocycles. The SMILES string of the molecule is CCCNc1nc(NC2=CC(F)=CCC2)ncc1C#C[C@@H]1CC[C@H](NC(=O)OC(C)(C)C)C1. The van der Waals surface area contributed by atoms with Crippen LogP contribution in [0.15, 0.2) is 29.9 Å². The van der Waals surface area contributed by atoms with E-state index in [9.17, 15) is 9.18 Å². The van der Waals surface area contributed by atoms with Gasteiger partial charge in [0.2, 0.25) is 5.95 Å². The molecule has 178 valence electrons. The first-order valence-corrected chi connectivity index (χ1v) is 11.7. The number of nitrogens with zero attached hydrogens (tertiary/aromatic N) is 2. The Balaban J connectivity index is 1.64. The number of carbonyl (C=O) groups is 1. The second kappa shape index (κ2) is 11.2. The number of anilines is 2. The molecule has 3 rings (SSSR count). The minimum absolute atomic E-state index is 0.0675. The first-order valence-electron chi connectivity index (χ1n) is 11.7. The number of hydrogen-bond acceptors (Lipinski definition) is 6. The summed E-state index contributed by atoms with van der Waals surface area (Å²) in [4.78, 5) is 21.0. The van der Waals surface area contributed by atoms with Gasteiger partial charge in [0, 0.05) is 24.2 Å². The zero-order valence-electron chi connectivity index (χ0n) is 19.9. The highest BCUT2D eigenvalue weighted by atomic mass is 19.1. The van der Waals surface area contributed by atoms with E-state index in [1.54, 1.807) is 12.3 Å². The third-order valence-corrected chi connectivity index (χ3v) is 5.23. The lowest BCUT2D eigenvalue weighted by molar-refractivity contribution is 0.0505. The van der Waals surface area contributed by atoms with Crippen molar-refractivity contribution in [2.75, 3.05) is 17.2 Å². The number of nitrogens with one attached hydrogen (secondary N) is 3. The molecule has 0 radical (unpaired) electrons. The number of ether oxygens (including phenoxy) is 1. The molecule has 0 unspecified atom stereocenters. The number of halogens is 1. The lowest BCUT2D eigenvalue weighted by Crippen LogP contribution is -2.37. The third kappa shape index (κ3) is 8.08. The molecule has 1 heterocycles. The Morgan fingerprint density at radius 2 is 2.15 bits per heavy atom. The van der Waals surface area contributed by atoms with Crippen molar-refractivity contribution in [1.29, 1.82) is 0 Å². The van der Waals surface area contributed by atoms with Crippen molar-refractivity contribution >= 4 is 17.9 Å². The Kier molecular flexibility index (Phi) is 8.32. The van der Waals surface area contributed by atoms with Crippen LogP contribution in [0.1, 0.15) is 71.8 Å². The number of carbonyl (C=O) groups excluding carboxylic acids is 1. The standard InChI is InChI=1S/C25H34FN5O2/c1-5-13-27-22-18(16-28-23(31-22)29-20-8-6-7-19(26)15-20)11-9-17-10-12-21(14-17)30-24(32)33-25(2,3)4/h7,15-17,21H,5-6,8,10,12-14H2,1-4H3,(H,30,32)(H2,27,28,29,31)/t17-,21+/m1/s1. The monoisotopic (exact) mass is 455 g/mol. The van der Waals surface area contributed by atoms with Gasteiger partial charge in [0.05, 0.1) is 11.8 Å². The van der Waals surface area contributed by atoms with Crippen LogP contribution in [0, 0.1) is 17.8 Å². The molecule has 8 heteroatoms. The fourth-order valence-corrected chi connectivity index (χ4v) is 3.71. The van der Waals surface area contributed by atoms with Gasteiger partial charge in [-0.05, 0) is 71.4 Å². The van der Waals surface area contributed by atoms with E-state index in [1.807, 2.05) is 20.8 Å². The number of rotatable bonds is 6. The summed E-state index contributed by atoms with van der Waals surface area (Å²) in [6, 6.07) is 0.0675. The molecule has 33 heavy (non-hydrogen) atoms. The van der Waals surface area contributed by atoms with E-state index in [2.05, 4.69) is 44.7 Å². The molecule has 0 aromatic carbocycles. The first kappa shape index (κ1) is 24.6. The van der Waals surface area contributed by atoms with Crippen LogP contribution in [0.3, 0.4) is 0 Å². The van der Waals surface area contributed by atoms with Gasteiger partial charge in [0.1, 0.15) is 17.2 Å². The van der Waals surface area contributed by atoms with Crippen molar-refractivity contribution in [2.45, 2.75) is 77.9 Å². The van der Waals surface area contributed by atoms with Gasteiger partial charge in [-0.15, -0.1) is 0 Å². The van der Waals surface area contributed by atoms with Crippen LogP contribution in [0.5, 0.6) is 0 Å². The lowest BCUT2D eigenvalue weighted by atomic mass is 10.1. The van der Waals surface area contributed by atoms with E-state index in [0.29, 0.717) is 18.2 Å². The van der Waals surface area contributed by atoms with Gasteiger partial charge in [0.15, 0.2) is 0 Å². The van der Waals surface area contributed by atoms with E-state index in [0.717, 1.165) is 49.9 Å². The maximum atomic E-state index is 13.5. The second-order valence-electron chi connectivity index (χ2n) is 9.43. The molecule has 0 saturated heterocycles. The maximum Gasteiger partial charge on any atom is 0.407 e. The topological polar surface area (TPSA) is 88.2 Å². The summed E-state index contributed by atoms with van der Waals surface area (Å²) in [5.41, 5.74) is 0.967. The summed E-state index contributed by atoms with van der Waals surface area (Å²) in [7, 11) is 0. The van der Waals surface area contributed by atoms with Crippen LogP contribution in [-0.4, -0.2) is 34.2 Å². The molecule has 2 aliphatic carbocycles. The highest BCUT2D eigenvalue weighted by molar-refractivity contribution is 5.68. The zero-order valence-corrected chi connectivity index (χ0v) is 19.9. The number of allylic oxidation sites excluding steroid dienone is 4. The summed E-state index contributed by atoms with van der Waals surface area (Å²) in [6.07, 6.45) is 9.25. The average Bonchev–Trinajstić information content (AvgIpc) is 3.17. The Hall–Kier alpha value is -3.08. The van der Waals surface area contributed by atoms with Gasteiger partial charge in [-0.2, -0.15) is 4.98 Å². The first-order chi connectivity index (χ1) is 15.7. The van der Waals surface area contributed by atoms with Crippen LogP contribution in [-0.2, 0) is 4.74 Å². The predicted molar refractivity (Wildman–Crippen MR) is 128 cm³/mol. The van der Waals surface area contributed by atoms with Crippen molar-refractivity contribution in [2.24, 2.45) is 5.92 Å². The second-order valence-corrected chi connectivity index (χ2v) is 9.43. The van der Waals surface area contributed by atoms with E-state index in [1.165, 1.54) is 6.08 Å². The van der Waals surface area contributed by atoms with Gasteiger partial charge in [-0.1, -0.05) is 18.8 Å². The van der Waals surface area contributed by atoms with E-state index in [-0.39, 0.29) is 23.9 Å². The van der Waals surface area contributed by atoms with E-state index >= 15 is 0 Å². The van der Waals surface area contributed by atoms with Crippen molar-refractivity contribution in [3.8, 4) is 11.8 Å². The van der Waals surface area contributed by atoms with Crippen LogP contribution >= 0.6 is 0 Å². The van der Waals surface area contributed by atoms with Crippen LogP contribution in [0.25, 0.3) is 0 Å². The number of amides is 1. The minimum atomic E-state index is -0.511. The summed E-state index contributed by atoms with van der Waals surface area (Å²) in [5, 5.41) is 9.36. The molecular weight excluding hydrogens is 421 g/mol. The minimum Gasteiger partial charge on any atom is -0.444 e. The molecule has 1 amide bonds. The number of hydrogen-bond donors (Lipinski definition) is 3. The molecule has 7 nitrogen and oxygen atoms in total. The molecule has 1 fully saturated rings. The van der Waals surface area contributed by atoms with E-state index < -0.39 is 5.60 Å². The molecule has 3 N–H and O–H groups in total. The van der Waals surface area contributed by atoms with Crippen molar-refractivity contribution in [1.82, 2.24) is 15.3 Å². The molecule has 1 saturated carbocycles. The maximum absolute atomic E-state index is 13.5. The van der Waals surface area contributed by atoms with E-state index in [4.69, 9.17) is 4.74 Å². The molecule has 0 bridgehead atoms. The molecule has 0 spiro atoms. The molecule has 1 aromatic rings. The molecular formula is C25H34FN5O2. The smallest absolute Gasteiger partial charge is 0.407 e. The zero-order chi connectivity index (χ0) is 23.8. The highest BCUT2D eigenvalue weighted by Gasteiger charge is 2.26. The van der Waals surface area contributed by atoms with Crippen molar-refractivity contribution in [3.05, 3.63) is 35.4 Å². The van der Waals surface area contributed by atoms with Crippen LogP contribution < -0.4 is 16.0 Å². The number of alkyl carbamates (subject to hydrolysis) is 1. The van der Waals surface area contributed by atoms with Crippen molar-refractivity contribution < 1.29 is 13.9 Å². The Morgan fingerprint density at radius 3 is 2.88 bits per heavy atom. The third-order valence-electron chi connectivity index (χ3n) is 5.23. The fourth-order valence-electron chi connectivity index (χ4n) is 3.71. The summed E-state index contributed by atoms with van der Waals surface area (Å²) in [5.74, 6) is 7.57. The van der Waals surface area contributed by atoms with Gasteiger partial charge in [0.25, 0.3) is 0 Å². The summed E-state index contributed by atoms with van der Waals surface area (Å²) >= 11 is 0. The van der Waals surface area contributed by atoms with Gasteiger partial charge in [-0.25, -0.2) is 14.2 Å². The molecule has 0 aliphatic heterocycles. The largest absolute Gasteiger partial charge is 0.444 e. The van der Waals surface area contributed by atoms with Crippen LogP contribution in [0.2, 0.25) is 0 Å². The Bertz CT molecular complexity index is 971. The average molecular weight is 456 g/mol. The predicted octanol–water partition coefficient (Wildman–Crippen LogP) is 5.29.